The van der Waals surface area contributed by atoms with Gasteiger partial charge in [0.2, 0.25) is 0 Å². The van der Waals surface area contributed by atoms with Crippen molar-refractivity contribution in [3.8, 4) is 0 Å². The van der Waals surface area contributed by atoms with Gasteiger partial charge in [-0.1, -0.05) is 0 Å². The predicted octanol–water partition coefficient (Wildman–Crippen LogP) is -0.152. The van der Waals surface area contributed by atoms with Crippen LogP contribution in [0.3, 0.4) is 0 Å². The van der Waals surface area contributed by atoms with Crippen molar-refractivity contribution in [2.45, 2.75) is 18.9 Å². The van der Waals surface area contributed by atoms with E-state index in [4.69, 9.17) is 9.79 Å². The van der Waals surface area contributed by atoms with Crippen molar-refractivity contribution in [1.29, 1.82) is 0 Å². The molecular formula is C5H12NO4P. The fraction of sp³-hybridized carbons (Fsp3) is 1.00. The van der Waals surface area contributed by atoms with Gasteiger partial charge in [-0.05, 0) is 19.4 Å². The van der Waals surface area contributed by atoms with E-state index in [0.29, 0.717) is 0 Å². The van der Waals surface area contributed by atoms with Gasteiger partial charge in [0.25, 0.3) is 0 Å². The molecule has 0 radical (unpaired) electrons. The summed E-state index contributed by atoms with van der Waals surface area (Å²) < 4.78 is 14.5. The lowest BCUT2D eigenvalue weighted by atomic mass is 10.2. The monoisotopic (exact) mass is 181 g/mol. The molecule has 1 rings (SSSR count). The Bertz CT molecular complexity index is 162. The van der Waals surface area contributed by atoms with Crippen molar-refractivity contribution in [2.24, 2.45) is 0 Å². The second-order valence-corrected chi connectivity index (χ2v) is 3.82. The zero-order chi connectivity index (χ0) is 8.32. The third kappa shape index (κ3) is 3.84. The van der Waals surface area contributed by atoms with E-state index in [1.807, 2.05) is 0 Å². The maximum absolute atomic E-state index is 10.2. The molecule has 1 atom stereocenters. The van der Waals surface area contributed by atoms with Crippen LogP contribution in [0.4, 0.5) is 0 Å². The van der Waals surface area contributed by atoms with Gasteiger partial charge in [-0.15, -0.1) is 0 Å². The van der Waals surface area contributed by atoms with Crippen LogP contribution in [0.25, 0.3) is 0 Å². The molecule has 5 nitrogen and oxygen atoms in total. The maximum Gasteiger partial charge on any atom is 0.469 e. The van der Waals surface area contributed by atoms with Gasteiger partial charge in [-0.2, -0.15) is 0 Å². The van der Waals surface area contributed by atoms with Crippen LogP contribution in [0.5, 0.6) is 0 Å². The number of hydrogen-bond acceptors (Lipinski definition) is 3. The molecule has 0 aromatic carbocycles. The number of nitrogens with one attached hydrogen (secondary N) is 1. The Labute approximate surface area is 65.0 Å². The van der Waals surface area contributed by atoms with Crippen molar-refractivity contribution < 1.29 is 18.9 Å². The summed E-state index contributed by atoms with van der Waals surface area (Å²) in [5, 5.41) is 3.06. The van der Waals surface area contributed by atoms with Crippen LogP contribution < -0.4 is 5.32 Å². The molecule has 11 heavy (non-hydrogen) atoms. The number of rotatable bonds is 3. The first kappa shape index (κ1) is 9.16. The highest BCUT2D eigenvalue weighted by atomic mass is 31.2. The zero-order valence-corrected chi connectivity index (χ0v) is 6.96. The Kier molecular flexibility index (Phi) is 3.04. The smallest absolute Gasteiger partial charge is 0.312 e. The normalized spacial score (nSPS) is 25.8. The van der Waals surface area contributed by atoms with Gasteiger partial charge in [-0.25, -0.2) is 4.57 Å². The molecule has 0 amide bonds. The molecule has 0 aromatic rings. The largest absolute Gasteiger partial charge is 0.469 e. The van der Waals surface area contributed by atoms with E-state index < -0.39 is 7.82 Å². The van der Waals surface area contributed by atoms with Crippen molar-refractivity contribution in [1.82, 2.24) is 5.32 Å². The van der Waals surface area contributed by atoms with Crippen LogP contribution in [0.15, 0.2) is 0 Å². The summed E-state index contributed by atoms with van der Waals surface area (Å²) >= 11 is 0. The molecule has 0 aromatic heterocycles. The second kappa shape index (κ2) is 3.65. The standard InChI is InChI=1S/C5H12NO4P/c7-11(8,9)10-4-5-2-1-3-6-5/h5-6H,1-4H2,(H2,7,8,9)/t5-/m1/s1. The van der Waals surface area contributed by atoms with Crippen LogP contribution in [0, 0.1) is 0 Å². The number of phosphoric acid groups is 1. The van der Waals surface area contributed by atoms with E-state index in [2.05, 4.69) is 9.84 Å². The van der Waals surface area contributed by atoms with Crippen molar-refractivity contribution in [3.63, 3.8) is 0 Å². The van der Waals surface area contributed by atoms with Crippen molar-refractivity contribution >= 4 is 7.82 Å². The Morgan fingerprint density at radius 1 is 1.64 bits per heavy atom. The van der Waals surface area contributed by atoms with Gasteiger partial charge in [-0.3, -0.25) is 4.52 Å². The summed E-state index contributed by atoms with van der Waals surface area (Å²) in [4.78, 5) is 16.7. The maximum atomic E-state index is 10.2. The van der Waals surface area contributed by atoms with Gasteiger partial charge in [0.05, 0.1) is 6.61 Å². The highest BCUT2D eigenvalue weighted by molar-refractivity contribution is 7.46. The third-order valence-electron chi connectivity index (χ3n) is 1.61. The summed E-state index contributed by atoms with van der Waals surface area (Å²) in [6, 6.07) is 0.114. The molecule has 1 aliphatic heterocycles. The molecule has 1 heterocycles. The lowest BCUT2D eigenvalue weighted by Crippen LogP contribution is -2.26. The molecular weight excluding hydrogens is 169 g/mol. The first-order valence-electron chi connectivity index (χ1n) is 3.51. The SMILES string of the molecule is O=P(O)(O)OC[C@H]1CCCN1. The molecule has 6 heteroatoms. The van der Waals surface area contributed by atoms with Crippen molar-refractivity contribution in [3.05, 3.63) is 0 Å². The minimum absolute atomic E-state index is 0.101. The Morgan fingerprint density at radius 2 is 2.36 bits per heavy atom. The van der Waals surface area contributed by atoms with E-state index in [1.54, 1.807) is 0 Å². The summed E-state index contributed by atoms with van der Waals surface area (Å²) in [6.07, 6.45) is 1.98. The van der Waals surface area contributed by atoms with Crippen LogP contribution in [-0.2, 0) is 9.09 Å². The molecule has 66 valence electrons. The molecule has 1 fully saturated rings. The predicted molar refractivity (Wildman–Crippen MR) is 39.0 cm³/mol. The Hall–Kier alpha value is 0.0700. The van der Waals surface area contributed by atoms with E-state index >= 15 is 0 Å². The lowest BCUT2D eigenvalue weighted by Gasteiger charge is -2.10. The number of phosphoric ester groups is 1. The second-order valence-electron chi connectivity index (χ2n) is 2.58. The van der Waals surface area contributed by atoms with Gasteiger partial charge in [0.1, 0.15) is 0 Å². The first-order chi connectivity index (χ1) is 5.08. The summed E-state index contributed by atoms with van der Waals surface area (Å²) in [7, 11) is -4.26. The zero-order valence-electron chi connectivity index (χ0n) is 6.06. The fourth-order valence-corrected chi connectivity index (χ4v) is 1.46. The van der Waals surface area contributed by atoms with Crippen LogP contribution in [0.1, 0.15) is 12.8 Å². The lowest BCUT2D eigenvalue weighted by molar-refractivity contribution is 0.181. The van der Waals surface area contributed by atoms with E-state index in [0.717, 1.165) is 19.4 Å². The van der Waals surface area contributed by atoms with Crippen LogP contribution in [0.2, 0.25) is 0 Å². The highest BCUT2D eigenvalue weighted by Crippen LogP contribution is 2.36. The Morgan fingerprint density at radius 3 is 2.82 bits per heavy atom. The Balaban J connectivity index is 2.16. The molecule has 3 N–H and O–H groups in total. The minimum atomic E-state index is -4.26. The molecule has 0 spiro atoms. The molecule has 1 aliphatic rings. The summed E-state index contributed by atoms with van der Waals surface area (Å²) in [6.45, 7) is 1.01. The van der Waals surface area contributed by atoms with E-state index in [1.165, 1.54) is 0 Å². The molecule has 1 saturated heterocycles. The van der Waals surface area contributed by atoms with Gasteiger partial charge in [0.15, 0.2) is 0 Å². The average molecular weight is 181 g/mol. The van der Waals surface area contributed by atoms with Gasteiger partial charge < -0.3 is 15.1 Å². The van der Waals surface area contributed by atoms with Crippen LogP contribution in [-0.4, -0.2) is 29.0 Å². The molecule has 0 bridgehead atoms. The summed E-state index contributed by atoms with van der Waals surface area (Å²) in [5.41, 5.74) is 0. The van der Waals surface area contributed by atoms with Crippen LogP contribution >= 0.6 is 7.82 Å². The minimum Gasteiger partial charge on any atom is -0.312 e. The fourth-order valence-electron chi connectivity index (χ4n) is 1.09. The summed E-state index contributed by atoms with van der Waals surface area (Å²) in [5.74, 6) is 0. The highest BCUT2D eigenvalue weighted by Gasteiger charge is 2.20. The van der Waals surface area contributed by atoms with Crippen molar-refractivity contribution in [2.75, 3.05) is 13.2 Å². The van der Waals surface area contributed by atoms with E-state index in [9.17, 15) is 4.57 Å². The average Bonchev–Trinajstić information content (AvgIpc) is 2.32. The van der Waals surface area contributed by atoms with E-state index in [-0.39, 0.29) is 12.6 Å². The third-order valence-corrected chi connectivity index (χ3v) is 2.09. The van der Waals surface area contributed by atoms with Gasteiger partial charge >= 0.3 is 7.82 Å². The first-order valence-corrected chi connectivity index (χ1v) is 5.04. The molecule has 0 saturated carbocycles. The quantitative estimate of drug-likeness (QED) is 0.527. The number of hydrogen-bond donors (Lipinski definition) is 3. The topological polar surface area (TPSA) is 78.8 Å². The molecule has 0 unspecified atom stereocenters. The molecule has 0 aliphatic carbocycles. The van der Waals surface area contributed by atoms with Gasteiger partial charge in [0, 0.05) is 6.04 Å².